The van der Waals surface area contributed by atoms with E-state index in [9.17, 15) is 0 Å². The number of nitrogens with one attached hydrogen (secondary N) is 1. The molecule has 1 fully saturated rings. The number of nitrogens with two attached hydrogens (primary N) is 1. The fraction of sp³-hybridized carbons (Fsp3) is 0.611. The highest BCUT2D eigenvalue weighted by Crippen LogP contribution is 2.24. The van der Waals surface area contributed by atoms with Crippen LogP contribution in [0, 0.1) is 0 Å². The molecule has 1 atom stereocenters. The molecule has 0 radical (unpaired) electrons. The van der Waals surface area contributed by atoms with Crippen molar-refractivity contribution in [1.82, 2.24) is 4.90 Å². The molecule has 22 heavy (non-hydrogen) atoms. The zero-order valence-corrected chi connectivity index (χ0v) is 13.6. The molecular weight excluding hydrogens is 272 g/mol. The van der Waals surface area contributed by atoms with Crippen molar-refractivity contribution >= 4 is 11.6 Å². The van der Waals surface area contributed by atoms with Gasteiger partial charge in [-0.1, -0.05) is 19.4 Å². The first-order valence-corrected chi connectivity index (χ1v) is 8.69. The van der Waals surface area contributed by atoms with E-state index in [1.54, 1.807) is 0 Å². The number of likely N-dealkylation sites (N-methyl/N-ethyl adjacent to an activating group) is 1. The molecule has 2 aliphatic rings. The van der Waals surface area contributed by atoms with E-state index in [4.69, 9.17) is 5.73 Å². The van der Waals surface area contributed by atoms with Crippen molar-refractivity contribution in [2.75, 3.05) is 25.0 Å². The Balaban J connectivity index is 1.57. The third kappa shape index (κ3) is 3.61. The van der Waals surface area contributed by atoms with Crippen molar-refractivity contribution in [3.05, 3.63) is 29.3 Å². The number of hydrogen-bond donors (Lipinski definition) is 2. The summed E-state index contributed by atoms with van der Waals surface area (Å²) in [5.41, 5.74) is 10.1. The standard InChI is InChI=1S/C18H28N4/c1-2-22-11-4-3-8-17(22)13-20-18(19)21-16-10-9-14-6-5-7-15(14)12-16/h9-10,12,17H,2-8,11,13H2,1H3,(H3,19,20,21). The summed E-state index contributed by atoms with van der Waals surface area (Å²) in [7, 11) is 0. The van der Waals surface area contributed by atoms with Crippen molar-refractivity contribution in [1.29, 1.82) is 0 Å². The van der Waals surface area contributed by atoms with Gasteiger partial charge in [0.05, 0.1) is 6.54 Å². The van der Waals surface area contributed by atoms with Crippen LogP contribution in [0.2, 0.25) is 0 Å². The molecule has 1 aliphatic carbocycles. The molecule has 1 aromatic rings. The van der Waals surface area contributed by atoms with Crippen LogP contribution in [0.25, 0.3) is 0 Å². The molecule has 1 unspecified atom stereocenters. The van der Waals surface area contributed by atoms with Crippen LogP contribution in [0.4, 0.5) is 5.69 Å². The van der Waals surface area contributed by atoms with Crippen LogP contribution in [-0.2, 0) is 12.8 Å². The second-order valence-electron chi connectivity index (χ2n) is 6.47. The lowest BCUT2D eigenvalue weighted by molar-refractivity contribution is 0.161. The van der Waals surface area contributed by atoms with E-state index in [0.717, 1.165) is 18.8 Å². The Morgan fingerprint density at radius 3 is 3.00 bits per heavy atom. The Kier molecular flexibility index (Phi) is 4.98. The fourth-order valence-electron chi connectivity index (χ4n) is 3.72. The zero-order valence-electron chi connectivity index (χ0n) is 13.6. The van der Waals surface area contributed by atoms with Crippen LogP contribution in [0.1, 0.15) is 43.7 Å². The molecule has 3 N–H and O–H groups in total. The second-order valence-corrected chi connectivity index (χ2v) is 6.47. The molecule has 120 valence electrons. The lowest BCUT2D eigenvalue weighted by Crippen LogP contribution is -2.41. The van der Waals surface area contributed by atoms with E-state index in [1.165, 1.54) is 56.2 Å². The molecule has 1 aliphatic heterocycles. The summed E-state index contributed by atoms with van der Waals surface area (Å²) >= 11 is 0. The summed E-state index contributed by atoms with van der Waals surface area (Å²) in [5.74, 6) is 0.541. The minimum atomic E-state index is 0.541. The molecule has 3 rings (SSSR count). The summed E-state index contributed by atoms with van der Waals surface area (Å²) in [6.45, 7) is 5.35. The summed E-state index contributed by atoms with van der Waals surface area (Å²) in [6.07, 6.45) is 7.55. The first kappa shape index (κ1) is 15.3. The Hall–Kier alpha value is -1.55. The van der Waals surface area contributed by atoms with Crippen molar-refractivity contribution in [3.63, 3.8) is 0 Å². The Labute approximate surface area is 133 Å². The third-order valence-electron chi connectivity index (χ3n) is 5.00. The van der Waals surface area contributed by atoms with Gasteiger partial charge in [0.1, 0.15) is 0 Å². The monoisotopic (exact) mass is 300 g/mol. The van der Waals surface area contributed by atoms with Crippen molar-refractivity contribution in [2.24, 2.45) is 10.7 Å². The van der Waals surface area contributed by atoms with E-state index in [0.29, 0.717) is 12.0 Å². The molecule has 0 amide bonds. The summed E-state index contributed by atoms with van der Waals surface area (Å²) in [6, 6.07) is 7.12. The Bertz CT molecular complexity index is 538. The number of rotatable bonds is 4. The highest BCUT2D eigenvalue weighted by Gasteiger charge is 2.20. The van der Waals surface area contributed by atoms with Gasteiger partial charge >= 0.3 is 0 Å². The van der Waals surface area contributed by atoms with E-state index < -0.39 is 0 Å². The maximum Gasteiger partial charge on any atom is 0.193 e. The van der Waals surface area contributed by atoms with Gasteiger partial charge < -0.3 is 11.1 Å². The minimum absolute atomic E-state index is 0.541. The number of aryl methyl sites for hydroxylation is 2. The molecule has 1 heterocycles. The van der Waals surface area contributed by atoms with E-state index >= 15 is 0 Å². The molecule has 0 spiro atoms. The molecule has 0 aromatic heterocycles. The number of piperidine rings is 1. The molecule has 4 nitrogen and oxygen atoms in total. The maximum absolute atomic E-state index is 6.08. The lowest BCUT2D eigenvalue weighted by atomic mass is 10.0. The number of aliphatic imine (C=N–C) groups is 1. The van der Waals surface area contributed by atoms with Gasteiger partial charge in [-0.05, 0) is 68.5 Å². The average Bonchev–Trinajstić information content (AvgIpc) is 3.01. The number of guanidine groups is 1. The molecule has 0 saturated carbocycles. The number of benzene rings is 1. The van der Waals surface area contributed by atoms with Crippen LogP contribution in [0.15, 0.2) is 23.2 Å². The molecule has 1 saturated heterocycles. The van der Waals surface area contributed by atoms with Gasteiger partial charge in [0, 0.05) is 11.7 Å². The number of fused-ring (bicyclic) bond motifs is 1. The second kappa shape index (κ2) is 7.14. The van der Waals surface area contributed by atoms with Gasteiger partial charge in [-0.15, -0.1) is 0 Å². The van der Waals surface area contributed by atoms with Gasteiger partial charge in [0.15, 0.2) is 5.96 Å². The third-order valence-corrected chi connectivity index (χ3v) is 5.00. The van der Waals surface area contributed by atoms with Crippen LogP contribution in [0.5, 0.6) is 0 Å². The predicted molar refractivity (Wildman–Crippen MR) is 93.5 cm³/mol. The number of hydrogen-bond acceptors (Lipinski definition) is 2. The van der Waals surface area contributed by atoms with Crippen molar-refractivity contribution in [2.45, 2.75) is 51.5 Å². The van der Waals surface area contributed by atoms with E-state index in [1.807, 2.05) is 0 Å². The molecule has 0 bridgehead atoms. The molecule has 4 heteroatoms. The average molecular weight is 300 g/mol. The van der Waals surface area contributed by atoms with Crippen LogP contribution in [0.3, 0.4) is 0 Å². The topological polar surface area (TPSA) is 53.6 Å². The Morgan fingerprint density at radius 1 is 1.27 bits per heavy atom. The summed E-state index contributed by atoms with van der Waals surface area (Å²) in [4.78, 5) is 7.10. The lowest BCUT2D eigenvalue weighted by Gasteiger charge is -2.33. The highest BCUT2D eigenvalue weighted by atomic mass is 15.2. The van der Waals surface area contributed by atoms with E-state index in [2.05, 4.69) is 40.3 Å². The number of nitrogens with zero attached hydrogens (tertiary/aromatic N) is 2. The van der Waals surface area contributed by atoms with Gasteiger partial charge in [0.25, 0.3) is 0 Å². The SMILES string of the molecule is CCN1CCCCC1CN=C(N)Nc1ccc2c(c1)CCC2. The van der Waals surface area contributed by atoms with E-state index in [-0.39, 0.29) is 0 Å². The first-order chi connectivity index (χ1) is 10.8. The van der Waals surface area contributed by atoms with Gasteiger partial charge in [-0.25, -0.2) is 0 Å². The zero-order chi connectivity index (χ0) is 15.4. The van der Waals surface area contributed by atoms with Crippen molar-refractivity contribution in [3.8, 4) is 0 Å². The van der Waals surface area contributed by atoms with Crippen LogP contribution < -0.4 is 11.1 Å². The smallest absolute Gasteiger partial charge is 0.193 e. The predicted octanol–water partition coefficient (Wildman–Crippen LogP) is 2.78. The fourth-order valence-corrected chi connectivity index (χ4v) is 3.72. The number of likely N-dealkylation sites (tertiary alicyclic amines) is 1. The van der Waals surface area contributed by atoms with Crippen LogP contribution >= 0.6 is 0 Å². The maximum atomic E-state index is 6.08. The van der Waals surface area contributed by atoms with Crippen molar-refractivity contribution < 1.29 is 0 Å². The van der Waals surface area contributed by atoms with Gasteiger partial charge in [-0.2, -0.15) is 0 Å². The Morgan fingerprint density at radius 2 is 2.14 bits per heavy atom. The summed E-state index contributed by atoms with van der Waals surface area (Å²) < 4.78 is 0. The molecule has 1 aromatic carbocycles. The quantitative estimate of drug-likeness (QED) is 0.664. The first-order valence-electron chi connectivity index (χ1n) is 8.69. The van der Waals surface area contributed by atoms with Crippen LogP contribution in [-0.4, -0.2) is 36.5 Å². The molecular formula is C18H28N4. The highest BCUT2D eigenvalue weighted by molar-refractivity contribution is 5.92. The minimum Gasteiger partial charge on any atom is -0.370 e. The largest absolute Gasteiger partial charge is 0.370 e. The van der Waals surface area contributed by atoms with Gasteiger partial charge in [-0.3, -0.25) is 9.89 Å². The normalized spacial score (nSPS) is 22.6. The van der Waals surface area contributed by atoms with Gasteiger partial charge in [0.2, 0.25) is 0 Å². The summed E-state index contributed by atoms with van der Waals surface area (Å²) in [5, 5.41) is 3.25. The number of anilines is 1.